The minimum absolute atomic E-state index is 0.127. The maximum absolute atomic E-state index is 6.12. The predicted molar refractivity (Wildman–Crippen MR) is 113 cm³/mol. The van der Waals surface area contributed by atoms with Gasteiger partial charge < -0.3 is 4.74 Å². The van der Waals surface area contributed by atoms with Crippen LogP contribution in [0.1, 0.15) is 50.2 Å². The molecule has 1 aromatic carbocycles. The van der Waals surface area contributed by atoms with Crippen molar-refractivity contribution >= 4 is 28.4 Å². The van der Waals surface area contributed by atoms with Gasteiger partial charge in [-0.2, -0.15) is 0 Å². The van der Waals surface area contributed by atoms with E-state index in [0.717, 1.165) is 30.2 Å². The van der Waals surface area contributed by atoms with Crippen molar-refractivity contribution in [1.82, 2.24) is 0 Å². The first-order chi connectivity index (χ1) is 12.6. The molecule has 4 rings (SSSR count). The zero-order valence-electron chi connectivity index (χ0n) is 15.5. The highest BCUT2D eigenvalue weighted by Gasteiger charge is 2.28. The van der Waals surface area contributed by atoms with Gasteiger partial charge in [-0.3, -0.25) is 4.99 Å². The number of fused-ring (bicyclic) bond motifs is 1. The molecular formula is C22H26ClNOS. The van der Waals surface area contributed by atoms with Crippen LogP contribution in [-0.2, 0) is 6.42 Å². The van der Waals surface area contributed by atoms with E-state index in [9.17, 15) is 0 Å². The molecule has 0 fully saturated rings. The molecule has 0 amide bonds. The Labute approximate surface area is 165 Å². The highest BCUT2D eigenvalue weighted by atomic mass is 35.5. The second-order valence-electron chi connectivity index (χ2n) is 7.53. The van der Waals surface area contributed by atoms with Gasteiger partial charge in [-0.05, 0) is 48.4 Å². The van der Waals surface area contributed by atoms with Crippen molar-refractivity contribution in [3.05, 3.63) is 53.1 Å². The van der Waals surface area contributed by atoms with Crippen LogP contribution in [0.2, 0.25) is 0 Å². The lowest BCUT2D eigenvalue weighted by molar-refractivity contribution is 0.298. The first-order valence-corrected chi connectivity index (χ1v) is 10.9. The van der Waals surface area contributed by atoms with E-state index in [2.05, 4.69) is 50.3 Å². The number of ether oxygens (including phenoxy) is 1. The van der Waals surface area contributed by atoms with E-state index < -0.39 is 0 Å². The third-order valence-corrected chi connectivity index (χ3v) is 7.17. The Kier molecular flexibility index (Phi) is 5.47. The normalized spacial score (nSPS) is 30.1. The molecule has 0 bridgehead atoms. The molecule has 0 radical (unpaired) electrons. The molecule has 0 N–H and O–H groups in total. The fraction of sp³-hybridized carbons (Fsp3) is 0.500. The Morgan fingerprint density at radius 1 is 1.31 bits per heavy atom. The third kappa shape index (κ3) is 3.89. The lowest BCUT2D eigenvalue weighted by Crippen LogP contribution is -2.17. The monoisotopic (exact) mass is 387 g/mol. The first-order valence-electron chi connectivity index (χ1n) is 9.63. The van der Waals surface area contributed by atoms with Crippen LogP contribution in [0.3, 0.4) is 0 Å². The van der Waals surface area contributed by atoms with E-state index >= 15 is 0 Å². The molecule has 1 heterocycles. The molecule has 0 saturated carbocycles. The molecule has 1 aromatic rings. The fourth-order valence-corrected chi connectivity index (χ4v) is 5.28. The highest BCUT2D eigenvalue weighted by Crippen LogP contribution is 2.36. The number of rotatable bonds is 5. The van der Waals surface area contributed by atoms with E-state index in [1.54, 1.807) is 0 Å². The molecule has 0 saturated heterocycles. The van der Waals surface area contributed by atoms with Crippen LogP contribution >= 0.6 is 23.4 Å². The number of benzene rings is 1. The van der Waals surface area contributed by atoms with E-state index in [0.29, 0.717) is 17.2 Å². The minimum atomic E-state index is 0.127. The number of aliphatic imine (C=N–C) groups is 1. The van der Waals surface area contributed by atoms with Crippen molar-refractivity contribution in [2.75, 3.05) is 6.61 Å². The van der Waals surface area contributed by atoms with Crippen molar-refractivity contribution in [2.24, 2.45) is 4.99 Å². The number of hydrogen-bond acceptors (Lipinski definition) is 3. The molecule has 4 unspecified atom stereocenters. The van der Waals surface area contributed by atoms with Crippen LogP contribution < -0.4 is 4.74 Å². The Bertz CT molecular complexity index is 769. The Morgan fingerprint density at radius 2 is 2.19 bits per heavy atom. The second kappa shape index (κ2) is 7.82. The van der Waals surface area contributed by atoms with Crippen molar-refractivity contribution in [3.63, 3.8) is 0 Å². The summed E-state index contributed by atoms with van der Waals surface area (Å²) >= 11 is 8.00. The summed E-state index contributed by atoms with van der Waals surface area (Å²) < 4.78 is 6.05. The quantitative estimate of drug-likeness (QED) is 0.586. The summed E-state index contributed by atoms with van der Waals surface area (Å²) in [5.41, 5.74) is 4.20. The summed E-state index contributed by atoms with van der Waals surface area (Å²) in [4.78, 5) is 4.95. The van der Waals surface area contributed by atoms with Gasteiger partial charge in [-0.25, -0.2) is 0 Å². The van der Waals surface area contributed by atoms with Gasteiger partial charge in [-0.1, -0.05) is 38.1 Å². The topological polar surface area (TPSA) is 21.6 Å². The summed E-state index contributed by atoms with van der Waals surface area (Å²) in [7, 11) is 0. The van der Waals surface area contributed by atoms with Crippen LogP contribution in [-0.4, -0.2) is 28.3 Å². The average Bonchev–Trinajstić information content (AvgIpc) is 3.19. The standard InChI is InChI=1S/C22H26ClNOS/c1-14-3-4-17-13-19(9-10-20(14)17)25-12-11-21-15(2)26-22(24-21)16-5-7-18(23)8-6-16/h5-7,9-10,13-15,18,21H,3-4,8,11-12H2,1-2H3. The number of nitrogens with zero attached hydrogens (tertiary/aromatic N) is 1. The summed E-state index contributed by atoms with van der Waals surface area (Å²) in [6, 6.07) is 6.94. The van der Waals surface area contributed by atoms with Gasteiger partial charge in [0.1, 0.15) is 5.75 Å². The average molecular weight is 388 g/mol. The Hall–Kier alpha value is -1.19. The molecule has 4 atom stereocenters. The molecule has 1 aliphatic heterocycles. The number of thioether (sulfide) groups is 1. The van der Waals surface area contributed by atoms with Gasteiger partial charge in [0.2, 0.25) is 0 Å². The number of allylic oxidation sites excluding steroid dienone is 3. The summed E-state index contributed by atoms with van der Waals surface area (Å²) in [6.07, 6.45) is 10.7. The molecule has 3 aliphatic rings. The SMILES string of the molecule is CC1CCc2cc(OCCC3N=C(C4=CCC(Cl)C=C4)SC3C)ccc21. The van der Waals surface area contributed by atoms with Crippen LogP contribution in [0.25, 0.3) is 0 Å². The zero-order valence-corrected chi connectivity index (χ0v) is 17.0. The van der Waals surface area contributed by atoms with E-state index in [1.165, 1.54) is 29.5 Å². The van der Waals surface area contributed by atoms with Gasteiger partial charge >= 0.3 is 0 Å². The molecule has 4 heteroatoms. The van der Waals surface area contributed by atoms with Crippen LogP contribution in [0.5, 0.6) is 5.75 Å². The van der Waals surface area contributed by atoms with Crippen molar-refractivity contribution in [3.8, 4) is 5.75 Å². The maximum Gasteiger partial charge on any atom is 0.119 e. The van der Waals surface area contributed by atoms with Crippen molar-refractivity contribution < 1.29 is 4.74 Å². The van der Waals surface area contributed by atoms with Gasteiger partial charge in [0.05, 0.1) is 23.1 Å². The smallest absolute Gasteiger partial charge is 0.119 e. The molecule has 0 aromatic heterocycles. The molecule has 2 nitrogen and oxygen atoms in total. The second-order valence-corrected chi connectivity index (χ2v) is 9.46. The van der Waals surface area contributed by atoms with E-state index in [-0.39, 0.29) is 5.38 Å². The van der Waals surface area contributed by atoms with Gasteiger partial charge in [0.25, 0.3) is 0 Å². The molecular weight excluding hydrogens is 362 g/mol. The number of halogens is 1. The molecule has 2 aliphatic carbocycles. The lowest BCUT2D eigenvalue weighted by Gasteiger charge is -2.14. The summed E-state index contributed by atoms with van der Waals surface area (Å²) in [6.45, 7) is 5.30. The van der Waals surface area contributed by atoms with Gasteiger partial charge in [0, 0.05) is 17.2 Å². The largest absolute Gasteiger partial charge is 0.494 e. The first kappa shape index (κ1) is 18.2. The lowest BCUT2D eigenvalue weighted by atomic mass is 10.0. The predicted octanol–water partition coefficient (Wildman–Crippen LogP) is 5.90. The molecule has 138 valence electrons. The minimum Gasteiger partial charge on any atom is -0.494 e. The highest BCUT2D eigenvalue weighted by molar-refractivity contribution is 8.15. The Morgan fingerprint density at radius 3 is 3.00 bits per heavy atom. The van der Waals surface area contributed by atoms with Crippen LogP contribution in [0, 0.1) is 0 Å². The van der Waals surface area contributed by atoms with Crippen LogP contribution in [0.4, 0.5) is 0 Å². The Balaban J connectivity index is 1.33. The molecule has 26 heavy (non-hydrogen) atoms. The number of hydrogen-bond donors (Lipinski definition) is 0. The van der Waals surface area contributed by atoms with Crippen molar-refractivity contribution in [2.45, 2.75) is 62.1 Å². The zero-order chi connectivity index (χ0) is 18.1. The van der Waals surface area contributed by atoms with Gasteiger partial charge in [0.15, 0.2) is 0 Å². The molecule has 0 spiro atoms. The number of alkyl halides is 1. The van der Waals surface area contributed by atoms with Crippen molar-refractivity contribution in [1.29, 1.82) is 0 Å². The van der Waals surface area contributed by atoms with Gasteiger partial charge in [-0.15, -0.1) is 23.4 Å². The fourth-order valence-electron chi connectivity index (χ4n) is 3.93. The summed E-state index contributed by atoms with van der Waals surface area (Å²) in [5.74, 6) is 1.70. The summed E-state index contributed by atoms with van der Waals surface area (Å²) in [5, 5.41) is 1.79. The maximum atomic E-state index is 6.12. The van der Waals surface area contributed by atoms with E-state index in [4.69, 9.17) is 21.3 Å². The van der Waals surface area contributed by atoms with E-state index in [1.807, 2.05) is 11.8 Å². The number of aryl methyl sites for hydroxylation is 1. The van der Waals surface area contributed by atoms with Crippen LogP contribution in [0.15, 0.2) is 47.0 Å². The third-order valence-electron chi connectivity index (χ3n) is 5.59.